The lowest BCUT2D eigenvalue weighted by Gasteiger charge is -2.05. The van der Waals surface area contributed by atoms with Gasteiger partial charge in [-0.05, 0) is 51.9 Å². The highest BCUT2D eigenvalue weighted by Gasteiger charge is 2.08. The van der Waals surface area contributed by atoms with Crippen molar-refractivity contribution < 1.29 is 0 Å². The number of benzene rings is 6. The van der Waals surface area contributed by atoms with Crippen LogP contribution in [0.3, 0.4) is 0 Å². The Balaban J connectivity index is 1.47. The van der Waals surface area contributed by atoms with Crippen LogP contribution in [0.1, 0.15) is 0 Å². The molecule has 0 atom stereocenters. The van der Waals surface area contributed by atoms with Gasteiger partial charge in [0.2, 0.25) is 0 Å². The summed E-state index contributed by atoms with van der Waals surface area (Å²) in [7, 11) is 0. The van der Waals surface area contributed by atoms with Gasteiger partial charge in [-0.25, -0.2) is 24.9 Å². The topological polar surface area (TPSA) is 64.5 Å². The average Bonchev–Trinajstić information content (AvgIpc) is 3.18. The number of fused-ring (bicyclic) bond motifs is 18. The van der Waals surface area contributed by atoms with Gasteiger partial charge in [-0.1, -0.05) is 133 Å². The van der Waals surface area contributed by atoms with Gasteiger partial charge in [0, 0.05) is 32.7 Å². The van der Waals surface area contributed by atoms with Crippen molar-refractivity contribution >= 4 is 65.5 Å². The molecule has 0 spiro atoms. The summed E-state index contributed by atoms with van der Waals surface area (Å²) in [5, 5.41) is 8.02. The van der Waals surface area contributed by atoms with E-state index in [1.165, 1.54) is 0 Å². The fourth-order valence-corrected chi connectivity index (χ4v) is 6.20. The Hall–Kier alpha value is -6.59. The van der Waals surface area contributed by atoms with E-state index in [0.29, 0.717) is 22.8 Å². The first-order chi connectivity index (χ1) is 23.7. The normalized spacial score (nSPS) is 11.3. The van der Waals surface area contributed by atoms with Crippen LogP contribution in [0.15, 0.2) is 164 Å². The molecule has 0 amide bonds. The van der Waals surface area contributed by atoms with Crippen molar-refractivity contribution in [1.29, 1.82) is 0 Å². The molecule has 6 aromatic carbocycles. The van der Waals surface area contributed by atoms with Crippen LogP contribution in [-0.2, 0) is 0 Å². The van der Waals surface area contributed by atoms with Gasteiger partial charge in [-0.15, -0.1) is 0 Å². The molecule has 0 saturated heterocycles. The van der Waals surface area contributed by atoms with E-state index in [0.717, 1.165) is 65.4 Å². The van der Waals surface area contributed by atoms with E-state index >= 15 is 0 Å². The number of aromatic nitrogens is 5. The Morgan fingerprint density at radius 2 is 0.688 bits per heavy atom. The Morgan fingerprint density at radius 1 is 0.271 bits per heavy atom. The van der Waals surface area contributed by atoms with E-state index in [9.17, 15) is 0 Å². The molecular formula is C43H27N5. The van der Waals surface area contributed by atoms with E-state index < -0.39 is 0 Å². The largest absolute Gasteiger partial charge is 0.228 e. The molecule has 0 N–H and O–H groups in total. The Bertz CT molecular complexity index is 2440. The molecule has 0 saturated carbocycles. The van der Waals surface area contributed by atoms with Crippen LogP contribution in [0.25, 0.3) is 88.2 Å². The average molecular weight is 614 g/mol. The molecule has 0 fully saturated rings. The standard InChI is InChI=1S/C43H27N5/c1-3-11-28(12-4-1)38-27-39-34-19-7-15-30(23-34)31-16-9-21-36(25-31)42-46-40(29-13-5-2-6-14-29)47-43(48-42)37-22-10-18-33(26-37)32-17-8-20-35(24-32)41(44-38)45-39/h1-27H. The molecule has 9 aromatic rings. The molecule has 0 unspecified atom stereocenters. The summed E-state index contributed by atoms with van der Waals surface area (Å²) < 4.78 is 0. The van der Waals surface area contributed by atoms with E-state index in [2.05, 4.69) is 115 Å². The molecule has 224 valence electrons. The Labute approximate surface area is 276 Å². The molecule has 0 aliphatic heterocycles. The highest BCUT2D eigenvalue weighted by atomic mass is 15.0. The molecule has 5 nitrogen and oxygen atoms in total. The van der Waals surface area contributed by atoms with Crippen molar-refractivity contribution in [2.45, 2.75) is 0 Å². The van der Waals surface area contributed by atoms with Crippen LogP contribution in [-0.4, -0.2) is 24.9 Å². The third-order valence-corrected chi connectivity index (χ3v) is 8.65. The maximum atomic E-state index is 5.15. The second-order valence-electron chi connectivity index (χ2n) is 11.8. The van der Waals surface area contributed by atoms with E-state index in [1.807, 2.05) is 48.5 Å². The van der Waals surface area contributed by atoms with Crippen molar-refractivity contribution in [1.82, 2.24) is 24.9 Å². The fourth-order valence-electron chi connectivity index (χ4n) is 6.20. The second-order valence-corrected chi connectivity index (χ2v) is 11.8. The zero-order chi connectivity index (χ0) is 31.9. The smallest absolute Gasteiger partial charge is 0.164 e. The van der Waals surface area contributed by atoms with E-state index in [-0.39, 0.29) is 0 Å². The molecular weight excluding hydrogens is 587 g/mol. The lowest BCUT2D eigenvalue weighted by molar-refractivity contribution is 1.18. The van der Waals surface area contributed by atoms with Gasteiger partial charge < -0.3 is 0 Å². The summed E-state index contributed by atoms with van der Waals surface area (Å²) in [6, 6.07) is 56.1. The zero-order valence-electron chi connectivity index (χ0n) is 25.8. The quantitative estimate of drug-likeness (QED) is 0.194. The number of hydrogen-bond acceptors (Lipinski definition) is 5. The first-order valence-electron chi connectivity index (χ1n) is 15.9. The minimum Gasteiger partial charge on any atom is -0.228 e. The predicted octanol–water partition coefficient (Wildman–Crippen LogP) is 10.6. The van der Waals surface area contributed by atoms with Gasteiger partial charge in [0.05, 0.1) is 11.2 Å². The van der Waals surface area contributed by atoms with Gasteiger partial charge in [0.1, 0.15) is 0 Å². The number of hydrogen-bond donors (Lipinski definition) is 0. The Morgan fingerprint density at radius 3 is 1.21 bits per heavy atom. The summed E-state index contributed by atoms with van der Waals surface area (Å²) in [5.74, 6) is 0.634. The van der Waals surface area contributed by atoms with Crippen molar-refractivity contribution in [3.05, 3.63) is 164 Å². The molecule has 48 heavy (non-hydrogen) atoms. The summed E-state index contributed by atoms with van der Waals surface area (Å²) in [4.78, 5) is 25.2. The van der Waals surface area contributed by atoms with Crippen LogP contribution < -0.4 is 0 Å². The number of nitrogens with zero attached hydrogens (tertiary/aromatic N) is 5. The van der Waals surface area contributed by atoms with Crippen LogP contribution in [0.5, 0.6) is 0 Å². The minimum absolute atomic E-state index is 0.619. The maximum Gasteiger partial charge on any atom is 0.164 e. The summed E-state index contributed by atoms with van der Waals surface area (Å²) in [6.07, 6.45) is 0. The highest BCUT2D eigenvalue weighted by molar-refractivity contribution is 5.97. The zero-order valence-corrected chi connectivity index (χ0v) is 25.8. The molecule has 0 aliphatic carbocycles. The maximum absolute atomic E-state index is 5.15. The van der Waals surface area contributed by atoms with Crippen molar-refractivity contribution in [2.75, 3.05) is 0 Å². The van der Waals surface area contributed by atoms with Crippen LogP contribution in [0.2, 0.25) is 0 Å². The molecule has 0 radical (unpaired) electrons. The molecule has 5 heteroatoms. The fraction of sp³-hybridized carbons (Fsp3) is 0. The number of rotatable bonds is 2. The van der Waals surface area contributed by atoms with Crippen molar-refractivity contribution in [3.8, 4) is 22.6 Å². The highest BCUT2D eigenvalue weighted by Crippen LogP contribution is 2.26. The van der Waals surface area contributed by atoms with Crippen molar-refractivity contribution in [3.63, 3.8) is 0 Å². The van der Waals surface area contributed by atoms with Gasteiger partial charge in [-0.2, -0.15) is 0 Å². The van der Waals surface area contributed by atoms with E-state index in [1.54, 1.807) is 0 Å². The molecule has 12 bridgehead atoms. The summed E-state index contributed by atoms with van der Waals surface area (Å²) in [6.45, 7) is 0. The Kier molecular flexibility index (Phi) is 6.72. The van der Waals surface area contributed by atoms with Crippen molar-refractivity contribution in [2.24, 2.45) is 0 Å². The first kappa shape index (κ1) is 27.7. The van der Waals surface area contributed by atoms with Crippen LogP contribution in [0, 0.1) is 0 Å². The molecule has 3 heterocycles. The predicted molar refractivity (Wildman–Crippen MR) is 198 cm³/mol. The molecule has 3 aromatic heterocycles. The van der Waals surface area contributed by atoms with Gasteiger partial charge >= 0.3 is 0 Å². The third-order valence-electron chi connectivity index (χ3n) is 8.65. The van der Waals surface area contributed by atoms with Crippen LogP contribution in [0.4, 0.5) is 0 Å². The lowest BCUT2D eigenvalue weighted by atomic mass is 10.1. The van der Waals surface area contributed by atoms with Gasteiger partial charge in [-0.3, -0.25) is 0 Å². The monoisotopic (exact) mass is 613 g/mol. The summed E-state index contributed by atoms with van der Waals surface area (Å²) in [5.41, 5.74) is 5.63. The van der Waals surface area contributed by atoms with E-state index in [4.69, 9.17) is 24.9 Å². The summed E-state index contributed by atoms with van der Waals surface area (Å²) >= 11 is 0. The van der Waals surface area contributed by atoms with Gasteiger partial charge in [0.25, 0.3) is 0 Å². The van der Waals surface area contributed by atoms with Gasteiger partial charge in [0.15, 0.2) is 22.8 Å². The lowest BCUT2D eigenvalue weighted by Crippen LogP contribution is -1.94. The SMILES string of the molecule is c1ccc(-c2cc3nc(n2)c2cccc(c2)c2cccc(c2)c2nc(-c4ccccc4)nc(n2)c2cccc(c2)c2cccc3c2)cc1. The molecule has 9 rings (SSSR count). The van der Waals surface area contributed by atoms with Crippen LogP contribution >= 0.6 is 0 Å². The minimum atomic E-state index is 0.619. The molecule has 0 aliphatic rings. The first-order valence-corrected chi connectivity index (χ1v) is 15.9. The third kappa shape index (κ3) is 5.23. The second kappa shape index (κ2) is 11.6.